The van der Waals surface area contributed by atoms with Gasteiger partial charge in [0.25, 0.3) is 0 Å². The number of ether oxygens (including phenoxy) is 1. The summed E-state index contributed by atoms with van der Waals surface area (Å²) in [4.78, 5) is 16.7. The molecular weight excluding hydrogens is 326 g/mol. The van der Waals surface area contributed by atoms with Crippen LogP contribution in [-0.4, -0.2) is 43.7 Å². The summed E-state index contributed by atoms with van der Waals surface area (Å²) in [5.74, 6) is 0.891. The number of aryl methyl sites for hydroxylation is 2. The van der Waals surface area contributed by atoms with E-state index < -0.39 is 0 Å². The van der Waals surface area contributed by atoms with Crippen LogP contribution in [0.15, 0.2) is 42.5 Å². The Morgan fingerprint density at radius 3 is 2.35 bits per heavy atom. The van der Waals surface area contributed by atoms with Gasteiger partial charge >= 0.3 is 6.03 Å². The van der Waals surface area contributed by atoms with Gasteiger partial charge in [-0.05, 0) is 56.7 Å². The van der Waals surface area contributed by atoms with Crippen LogP contribution in [-0.2, 0) is 0 Å². The van der Waals surface area contributed by atoms with Gasteiger partial charge in [-0.2, -0.15) is 0 Å². The van der Waals surface area contributed by atoms with Crippen LogP contribution in [0.1, 0.15) is 18.1 Å². The molecule has 138 valence electrons. The molecule has 3 rings (SSSR count). The van der Waals surface area contributed by atoms with Crippen LogP contribution in [0.25, 0.3) is 0 Å². The predicted molar refractivity (Wildman–Crippen MR) is 106 cm³/mol. The van der Waals surface area contributed by atoms with E-state index in [1.165, 1.54) is 11.3 Å². The van der Waals surface area contributed by atoms with Crippen molar-refractivity contribution in [2.75, 3.05) is 43.0 Å². The van der Waals surface area contributed by atoms with Crippen molar-refractivity contribution in [2.45, 2.75) is 20.8 Å². The molecular formula is C21H27N3O2. The predicted octanol–water partition coefficient (Wildman–Crippen LogP) is 4.06. The highest BCUT2D eigenvalue weighted by molar-refractivity contribution is 5.90. The average Bonchev–Trinajstić information content (AvgIpc) is 2.65. The van der Waals surface area contributed by atoms with Crippen LogP contribution in [0.5, 0.6) is 5.75 Å². The number of nitrogens with one attached hydrogen (secondary N) is 1. The zero-order valence-electron chi connectivity index (χ0n) is 15.8. The second-order valence-electron chi connectivity index (χ2n) is 6.65. The molecule has 5 heteroatoms. The molecule has 0 saturated carbocycles. The highest BCUT2D eigenvalue weighted by atomic mass is 16.5. The first kappa shape index (κ1) is 18.1. The summed E-state index contributed by atoms with van der Waals surface area (Å²) in [5, 5.41) is 3.04. The number of amides is 2. The maximum absolute atomic E-state index is 12.5. The van der Waals surface area contributed by atoms with Gasteiger partial charge in [-0.3, -0.25) is 0 Å². The first-order chi connectivity index (χ1) is 12.6. The van der Waals surface area contributed by atoms with Crippen molar-refractivity contribution in [3.05, 3.63) is 53.6 Å². The molecule has 1 heterocycles. The summed E-state index contributed by atoms with van der Waals surface area (Å²) in [5.41, 5.74) is 4.34. The van der Waals surface area contributed by atoms with Crippen molar-refractivity contribution in [3.8, 4) is 5.75 Å². The lowest BCUT2D eigenvalue weighted by Crippen LogP contribution is -2.50. The van der Waals surface area contributed by atoms with Crippen molar-refractivity contribution >= 4 is 17.4 Å². The van der Waals surface area contributed by atoms with E-state index in [1.54, 1.807) is 0 Å². The second kappa shape index (κ2) is 8.13. The van der Waals surface area contributed by atoms with E-state index in [1.807, 2.05) is 43.0 Å². The van der Waals surface area contributed by atoms with Gasteiger partial charge in [0.1, 0.15) is 5.75 Å². The third-order valence-corrected chi connectivity index (χ3v) is 4.70. The number of urea groups is 1. The summed E-state index contributed by atoms with van der Waals surface area (Å²) in [6, 6.07) is 14.2. The van der Waals surface area contributed by atoms with Crippen LogP contribution in [0.3, 0.4) is 0 Å². The zero-order chi connectivity index (χ0) is 18.5. The summed E-state index contributed by atoms with van der Waals surface area (Å²) >= 11 is 0. The van der Waals surface area contributed by atoms with Gasteiger partial charge in [0.15, 0.2) is 0 Å². The number of piperazine rings is 1. The van der Waals surface area contributed by atoms with Crippen molar-refractivity contribution < 1.29 is 9.53 Å². The van der Waals surface area contributed by atoms with E-state index in [0.29, 0.717) is 19.7 Å². The molecule has 1 saturated heterocycles. The Bertz CT molecular complexity index is 750. The molecule has 1 fully saturated rings. The average molecular weight is 353 g/mol. The van der Waals surface area contributed by atoms with E-state index in [2.05, 4.69) is 35.3 Å². The summed E-state index contributed by atoms with van der Waals surface area (Å²) in [6.45, 7) is 9.81. The van der Waals surface area contributed by atoms with Crippen LogP contribution in [0, 0.1) is 13.8 Å². The second-order valence-corrected chi connectivity index (χ2v) is 6.65. The number of anilines is 2. The fraction of sp³-hybridized carbons (Fsp3) is 0.381. The van der Waals surface area contributed by atoms with Gasteiger partial charge < -0.3 is 19.9 Å². The largest absolute Gasteiger partial charge is 0.494 e. The maximum Gasteiger partial charge on any atom is 0.321 e. The summed E-state index contributed by atoms with van der Waals surface area (Å²) in [6.07, 6.45) is 0. The molecule has 0 radical (unpaired) electrons. The Morgan fingerprint density at radius 2 is 1.73 bits per heavy atom. The number of carbonyl (C=O) groups is 1. The van der Waals surface area contributed by atoms with Gasteiger partial charge in [0.2, 0.25) is 0 Å². The number of hydrogen-bond donors (Lipinski definition) is 1. The van der Waals surface area contributed by atoms with Crippen LogP contribution >= 0.6 is 0 Å². The maximum atomic E-state index is 12.5. The van der Waals surface area contributed by atoms with Crippen LogP contribution in [0.2, 0.25) is 0 Å². The van der Waals surface area contributed by atoms with E-state index in [4.69, 9.17) is 4.74 Å². The van der Waals surface area contributed by atoms with Crippen molar-refractivity contribution in [1.82, 2.24) is 4.90 Å². The lowest BCUT2D eigenvalue weighted by molar-refractivity contribution is 0.208. The minimum Gasteiger partial charge on any atom is -0.494 e. The number of rotatable bonds is 4. The molecule has 2 aromatic rings. The SMILES string of the molecule is CCOc1ccc(N2CCN(C(=O)Nc3ccc(C)cc3C)CC2)cc1. The summed E-state index contributed by atoms with van der Waals surface area (Å²) < 4.78 is 5.49. The Morgan fingerprint density at radius 1 is 1.04 bits per heavy atom. The van der Waals surface area contributed by atoms with E-state index in [9.17, 15) is 4.79 Å². The molecule has 0 aliphatic carbocycles. The highest BCUT2D eigenvalue weighted by Crippen LogP contribution is 2.21. The number of hydrogen-bond acceptors (Lipinski definition) is 3. The molecule has 2 aromatic carbocycles. The van der Waals surface area contributed by atoms with E-state index in [-0.39, 0.29) is 6.03 Å². The molecule has 0 unspecified atom stereocenters. The standard InChI is InChI=1S/C21H27N3O2/c1-4-26-19-8-6-18(7-9-19)23-11-13-24(14-12-23)21(25)22-20-10-5-16(2)15-17(20)3/h5-10,15H,4,11-14H2,1-3H3,(H,22,25). The minimum atomic E-state index is -0.0247. The number of carbonyl (C=O) groups excluding carboxylic acids is 1. The monoisotopic (exact) mass is 353 g/mol. The Kier molecular flexibility index (Phi) is 5.66. The molecule has 5 nitrogen and oxygen atoms in total. The minimum absolute atomic E-state index is 0.0247. The lowest BCUT2D eigenvalue weighted by atomic mass is 10.1. The highest BCUT2D eigenvalue weighted by Gasteiger charge is 2.21. The Balaban J connectivity index is 1.55. The van der Waals surface area contributed by atoms with Crippen molar-refractivity contribution in [3.63, 3.8) is 0 Å². The Hall–Kier alpha value is -2.69. The first-order valence-electron chi connectivity index (χ1n) is 9.18. The molecule has 0 bridgehead atoms. The van der Waals surface area contributed by atoms with Gasteiger partial charge in [-0.15, -0.1) is 0 Å². The molecule has 0 spiro atoms. The molecule has 1 aliphatic heterocycles. The van der Waals surface area contributed by atoms with Crippen molar-refractivity contribution in [2.24, 2.45) is 0 Å². The molecule has 26 heavy (non-hydrogen) atoms. The smallest absolute Gasteiger partial charge is 0.321 e. The Labute approximate surface area is 155 Å². The van der Waals surface area contributed by atoms with Gasteiger partial charge in [0, 0.05) is 37.6 Å². The number of benzene rings is 2. The molecule has 1 N–H and O–H groups in total. The third-order valence-electron chi connectivity index (χ3n) is 4.70. The topological polar surface area (TPSA) is 44.8 Å². The number of nitrogens with zero attached hydrogens (tertiary/aromatic N) is 2. The fourth-order valence-electron chi connectivity index (χ4n) is 3.24. The van der Waals surface area contributed by atoms with Gasteiger partial charge in [-0.25, -0.2) is 4.79 Å². The lowest BCUT2D eigenvalue weighted by Gasteiger charge is -2.36. The first-order valence-corrected chi connectivity index (χ1v) is 9.18. The zero-order valence-corrected chi connectivity index (χ0v) is 15.8. The van der Waals surface area contributed by atoms with Gasteiger partial charge in [-0.1, -0.05) is 17.7 Å². The van der Waals surface area contributed by atoms with Crippen LogP contribution < -0.4 is 15.0 Å². The molecule has 2 amide bonds. The quantitative estimate of drug-likeness (QED) is 0.902. The normalized spacial score (nSPS) is 14.3. The van der Waals surface area contributed by atoms with Crippen molar-refractivity contribution in [1.29, 1.82) is 0 Å². The molecule has 0 atom stereocenters. The van der Waals surface area contributed by atoms with E-state index in [0.717, 1.165) is 30.1 Å². The third kappa shape index (κ3) is 4.28. The van der Waals surface area contributed by atoms with Gasteiger partial charge in [0.05, 0.1) is 6.61 Å². The van der Waals surface area contributed by atoms with E-state index >= 15 is 0 Å². The molecule has 1 aliphatic rings. The summed E-state index contributed by atoms with van der Waals surface area (Å²) in [7, 11) is 0. The molecule has 0 aromatic heterocycles. The van der Waals surface area contributed by atoms with Crippen LogP contribution in [0.4, 0.5) is 16.2 Å². The fourth-order valence-corrected chi connectivity index (χ4v) is 3.24.